The molecular weight excluding hydrogens is 335 g/mol. The quantitative estimate of drug-likeness (QED) is 0.814. The normalized spacial score (nSPS) is 20.0. The summed E-state index contributed by atoms with van der Waals surface area (Å²) in [7, 11) is 0. The molecule has 1 aliphatic heterocycles. The Kier molecular flexibility index (Phi) is 5.95. The molecule has 0 amide bonds. The number of hydrogen-bond donors (Lipinski definition) is 2. The molecule has 2 aliphatic rings. The van der Waals surface area contributed by atoms with E-state index in [4.69, 9.17) is 4.74 Å². The Morgan fingerprint density at radius 3 is 2.56 bits per heavy atom. The maximum Gasteiger partial charge on any atom is 0.433 e. The van der Waals surface area contributed by atoms with Gasteiger partial charge in [-0.3, -0.25) is 4.90 Å². The lowest BCUT2D eigenvalue weighted by Crippen LogP contribution is -2.39. The van der Waals surface area contributed by atoms with Crippen LogP contribution in [0.5, 0.6) is 0 Å². The Morgan fingerprint density at radius 2 is 1.88 bits per heavy atom. The van der Waals surface area contributed by atoms with Crippen molar-refractivity contribution in [1.82, 2.24) is 14.9 Å². The molecule has 0 aromatic carbocycles. The lowest BCUT2D eigenvalue weighted by atomic mass is 10.2. The smallest absolute Gasteiger partial charge is 0.379 e. The van der Waals surface area contributed by atoms with Crippen LogP contribution in [-0.2, 0) is 10.9 Å². The highest BCUT2D eigenvalue weighted by molar-refractivity contribution is 5.43. The number of hydrogen-bond acceptors (Lipinski definition) is 6. The number of morpholine rings is 1. The molecule has 2 fully saturated rings. The summed E-state index contributed by atoms with van der Waals surface area (Å²) in [4.78, 5) is 10.1. The molecule has 6 nitrogen and oxygen atoms in total. The lowest BCUT2D eigenvalue weighted by Gasteiger charge is -2.26. The van der Waals surface area contributed by atoms with Crippen molar-refractivity contribution in [2.75, 3.05) is 50.0 Å². The third-order valence-corrected chi connectivity index (χ3v) is 4.54. The maximum absolute atomic E-state index is 13.1. The molecule has 0 radical (unpaired) electrons. The van der Waals surface area contributed by atoms with Gasteiger partial charge in [0.1, 0.15) is 5.82 Å². The van der Waals surface area contributed by atoms with Gasteiger partial charge in [0, 0.05) is 38.3 Å². The third-order valence-electron chi connectivity index (χ3n) is 4.54. The van der Waals surface area contributed by atoms with Crippen LogP contribution in [0.3, 0.4) is 0 Å². The van der Waals surface area contributed by atoms with Gasteiger partial charge in [-0.2, -0.15) is 18.2 Å². The number of ether oxygens (including phenoxy) is 1. The Hall–Kier alpha value is -1.61. The van der Waals surface area contributed by atoms with Gasteiger partial charge >= 0.3 is 6.18 Å². The molecule has 140 valence electrons. The van der Waals surface area contributed by atoms with Crippen LogP contribution < -0.4 is 10.6 Å². The number of nitrogens with one attached hydrogen (secondary N) is 2. The van der Waals surface area contributed by atoms with Crippen LogP contribution in [0.1, 0.15) is 31.4 Å². The standard InChI is InChI=1S/C16H24F3N5O/c17-16(18,19)13-11-14(20-5-6-24-7-9-25-10-8-24)23-15(22-13)21-12-3-1-2-4-12/h11-12H,1-10H2,(H2,20,21,22,23). The zero-order valence-corrected chi connectivity index (χ0v) is 14.1. The second-order valence-corrected chi connectivity index (χ2v) is 6.47. The second-order valence-electron chi connectivity index (χ2n) is 6.47. The summed E-state index contributed by atoms with van der Waals surface area (Å²) in [6.07, 6.45) is -0.433. The summed E-state index contributed by atoms with van der Waals surface area (Å²) in [6, 6.07) is 1.13. The summed E-state index contributed by atoms with van der Waals surface area (Å²) in [5, 5.41) is 6.04. The highest BCUT2D eigenvalue weighted by Crippen LogP contribution is 2.30. The molecule has 2 N–H and O–H groups in total. The van der Waals surface area contributed by atoms with Gasteiger partial charge in [-0.1, -0.05) is 12.8 Å². The van der Waals surface area contributed by atoms with Crippen molar-refractivity contribution < 1.29 is 17.9 Å². The number of alkyl halides is 3. The van der Waals surface area contributed by atoms with E-state index in [1.165, 1.54) is 0 Å². The van der Waals surface area contributed by atoms with Crippen LogP contribution in [0, 0.1) is 0 Å². The Morgan fingerprint density at radius 1 is 1.16 bits per heavy atom. The molecule has 0 spiro atoms. The van der Waals surface area contributed by atoms with Gasteiger partial charge in [-0.15, -0.1) is 0 Å². The van der Waals surface area contributed by atoms with E-state index in [0.29, 0.717) is 19.8 Å². The highest BCUT2D eigenvalue weighted by atomic mass is 19.4. The Labute approximate surface area is 145 Å². The first-order chi connectivity index (χ1) is 12.0. The topological polar surface area (TPSA) is 62.3 Å². The number of halogens is 3. The highest BCUT2D eigenvalue weighted by Gasteiger charge is 2.34. The third kappa shape index (κ3) is 5.43. The number of aromatic nitrogens is 2. The van der Waals surface area contributed by atoms with E-state index < -0.39 is 11.9 Å². The van der Waals surface area contributed by atoms with Crippen LogP contribution in [0.15, 0.2) is 6.07 Å². The van der Waals surface area contributed by atoms with Crippen molar-refractivity contribution in [3.05, 3.63) is 11.8 Å². The van der Waals surface area contributed by atoms with Crippen molar-refractivity contribution in [3.8, 4) is 0 Å². The molecule has 1 saturated heterocycles. The number of rotatable bonds is 6. The summed E-state index contributed by atoms with van der Waals surface area (Å²) in [5.41, 5.74) is -0.920. The molecule has 0 unspecified atom stereocenters. The summed E-state index contributed by atoms with van der Waals surface area (Å²) in [6.45, 7) is 4.33. The molecule has 0 atom stereocenters. The van der Waals surface area contributed by atoms with Crippen molar-refractivity contribution in [1.29, 1.82) is 0 Å². The van der Waals surface area contributed by atoms with Gasteiger partial charge in [0.2, 0.25) is 5.95 Å². The van der Waals surface area contributed by atoms with Gasteiger partial charge in [0.25, 0.3) is 0 Å². The predicted octanol–water partition coefficient (Wildman–Crippen LogP) is 2.59. The minimum Gasteiger partial charge on any atom is -0.379 e. The predicted molar refractivity (Wildman–Crippen MR) is 88.7 cm³/mol. The zero-order valence-electron chi connectivity index (χ0n) is 14.1. The van der Waals surface area contributed by atoms with Crippen molar-refractivity contribution >= 4 is 11.8 Å². The van der Waals surface area contributed by atoms with Crippen LogP contribution in [-0.4, -0.2) is 60.3 Å². The van der Waals surface area contributed by atoms with Gasteiger partial charge in [-0.05, 0) is 12.8 Å². The molecule has 1 aromatic rings. The number of nitrogens with zero attached hydrogens (tertiary/aromatic N) is 3. The molecule has 9 heteroatoms. The minimum atomic E-state index is -4.49. The summed E-state index contributed by atoms with van der Waals surface area (Å²) in [5.74, 6) is 0.256. The fourth-order valence-corrected chi connectivity index (χ4v) is 3.17. The van der Waals surface area contributed by atoms with Gasteiger partial charge < -0.3 is 15.4 Å². The molecule has 1 aliphatic carbocycles. The largest absolute Gasteiger partial charge is 0.433 e. The fourth-order valence-electron chi connectivity index (χ4n) is 3.17. The molecule has 25 heavy (non-hydrogen) atoms. The second kappa shape index (κ2) is 8.18. The van der Waals surface area contributed by atoms with Crippen molar-refractivity contribution in [2.45, 2.75) is 37.9 Å². The Balaban J connectivity index is 1.63. The van der Waals surface area contributed by atoms with Crippen molar-refractivity contribution in [3.63, 3.8) is 0 Å². The summed E-state index contributed by atoms with van der Waals surface area (Å²) >= 11 is 0. The first kappa shape index (κ1) is 18.2. The average molecular weight is 359 g/mol. The molecule has 1 saturated carbocycles. The van der Waals surface area contributed by atoms with E-state index in [0.717, 1.165) is 51.4 Å². The van der Waals surface area contributed by atoms with Crippen LogP contribution in [0.25, 0.3) is 0 Å². The zero-order chi connectivity index (χ0) is 17.7. The summed E-state index contributed by atoms with van der Waals surface area (Å²) < 4.78 is 44.6. The number of anilines is 2. The molecule has 0 bridgehead atoms. The molecule has 1 aromatic heterocycles. The Bertz CT molecular complexity index is 557. The van der Waals surface area contributed by atoms with E-state index in [9.17, 15) is 13.2 Å². The average Bonchev–Trinajstić information content (AvgIpc) is 3.08. The lowest BCUT2D eigenvalue weighted by molar-refractivity contribution is -0.141. The first-order valence-electron chi connectivity index (χ1n) is 8.77. The molecular formula is C16H24F3N5O. The van der Waals surface area contributed by atoms with Gasteiger partial charge in [-0.25, -0.2) is 4.98 Å². The molecule has 3 rings (SSSR count). The van der Waals surface area contributed by atoms with Gasteiger partial charge in [0.05, 0.1) is 13.2 Å². The van der Waals surface area contributed by atoms with Gasteiger partial charge in [0.15, 0.2) is 5.69 Å². The monoisotopic (exact) mass is 359 g/mol. The maximum atomic E-state index is 13.1. The fraction of sp³-hybridized carbons (Fsp3) is 0.750. The van der Waals surface area contributed by atoms with Crippen LogP contribution >= 0.6 is 0 Å². The molecule has 2 heterocycles. The van der Waals surface area contributed by atoms with E-state index >= 15 is 0 Å². The van der Waals surface area contributed by atoms with Crippen LogP contribution in [0.2, 0.25) is 0 Å². The van der Waals surface area contributed by atoms with E-state index in [2.05, 4.69) is 25.5 Å². The van der Waals surface area contributed by atoms with E-state index in [-0.39, 0.29) is 17.8 Å². The van der Waals surface area contributed by atoms with Crippen molar-refractivity contribution in [2.24, 2.45) is 0 Å². The minimum absolute atomic E-state index is 0.0515. The SMILES string of the molecule is FC(F)(F)c1cc(NCCN2CCOCC2)nc(NC2CCCC2)n1. The first-order valence-corrected chi connectivity index (χ1v) is 8.77. The van der Waals surface area contributed by atoms with E-state index in [1.807, 2.05) is 0 Å². The van der Waals surface area contributed by atoms with Crippen LogP contribution in [0.4, 0.5) is 24.9 Å². The van der Waals surface area contributed by atoms with E-state index in [1.54, 1.807) is 0 Å².